The topological polar surface area (TPSA) is 75.5 Å². The van der Waals surface area contributed by atoms with Gasteiger partial charge in [-0.05, 0) is 39.0 Å². The smallest absolute Gasteiger partial charge is 0.249 e. The van der Waals surface area contributed by atoms with Crippen LogP contribution in [0.25, 0.3) is 5.69 Å². The molecule has 2 amide bonds. The van der Waals surface area contributed by atoms with Gasteiger partial charge in [0.25, 0.3) is 0 Å². The summed E-state index contributed by atoms with van der Waals surface area (Å²) >= 11 is 0. The number of benzene rings is 1. The van der Waals surface area contributed by atoms with Crippen LogP contribution < -0.4 is 10.7 Å². The molecular formula is C20H24N4O2. The summed E-state index contributed by atoms with van der Waals surface area (Å²) in [7, 11) is 0. The van der Waals surface area contributed by atoms with E-state index in [-0.39, 0.29) is 12.3 Å². The van der Waals surface area contributed by atoms with Crippen molar-refractivity contribution in [1.82, 2.24) is 15.3 Å². The molecule has 0 unspecified atom stereocenters. The Hall–Kier alpha value is -3.15. The van der Waals surface area contributed by atoms with Gasteiger partial charge in [0.05, 0.1) is 6.21 Å². The molecule has 0 bridgehead atoms. The van der Waals surface area contributed by atoms with Gasteiger partial charge in [0, 0.05) is 29.2 Å². The van der Waals surface area contributed by atoms with E-state index >= 15 is 0 Å². The number of hydrazone groups is 1. The number of carbonyl (C=O) groups is 2. The third-order valence-electron chi connectivity index (χ3n) is 3.92. The van der Waals surface area contributed by atoms with Crippen molar-refractivity contribution in [1.29, 1.82) is 0 Å². The standard InChI is InChI=1S/C20H24N4O2/c1-5-10-21-19(25)12-20(26)23-22-13-17-11-15(3)24(16(17)4)18-8-6-14(2)7-9-18/h5-9,11,13H,1,10,12H2,2-4H3,(H,21,25)(H,23,26)/b22-13+. The highest BCUT2D eigenvalue weighted by Gasteiger charge is 2.10. The normalized spacial score (nSPS) is 10.7. The van der Waals surface area contributed by atoms with Gasteiger partial charge in [0.2, 0.25) is 11.8 Å². The van der Waals surface area contributed by atoms with E-state index in [1.165, 1.54) is 5.56 Å². The molecule has 136 valence electrons. The minimum atomic E-state index is -0.463. The first-order valence-electron chi connectivity index (χ1n) is 8.38. The maximum absolute atomic E-state index is 11.7. The first-order chi connectivity index (χ1) is 12.4. The summed E-state index contributed by atoms with van der Waals surface area (Å²) in [5, 5.41) is 6.50. The second kappa shape index (κ2) is 8.80. The Balaban J connectivity index is 2.04. The van der Waals surface area contributed by atoms with Crippen LogP contribution in [0.5, 0.6) is 0 Å². The molecule has 0 saturated carbocycles. The van der Waals surface area contributed by atoms with Crippen LogP contribution in [0.15, 0.2) is 48.1 Å². The summed E-state index contributed by atoms with van der Waals surface area (Å²) in [6, 6.07) is 10.3. The minimum Gasteiger partial charge on any atom is -0.352 e. The lowest BCUT2D eigenvalue weighted by atomic mass is 10.2. The van der Waals surface area contributed by atoms with Crippen LogP contribution in [-0.4, -0.2) is 29.1 Å². The number of rotatable bonds is 7. The highest BCUT2D eigenvalue weighted by Crippen LogP contribution is 2.20. The van der Waals surface area contributed by atoms with E-state index < -0.39 is 5.91 Å². The summed E-state index contributed by atoms with van der Waals surface area (Å²) < 4.78 is 2.13. The third kappa shape index (κ3) is 4.92. The van der Waals surface area contributed by atoms with Crippen molar-refractivity contribution < 1.29 is 9.59 Å². The van der Waals surface area contributed by atoms with E-state index in [9.17, 15) is 9.59 Å². The second-order valence-corrected chi connectivity index (χ2v) is 6.06. The zero-order valence-corrected chi connectivity index (χ0v) is 15.4. The van der Waals surface area contributed by atoms with Crippen molar-refractivity contribution in [3.05, 3.63) is 65.5 Å². The number of hydrogen-bond donors (Lipinski definition) is 2. The molecule has 0 aliphatic carbocycles. The van der Waals surface area contributed by atoms with E-state index in [4.69, 9.17) is 0 Å². The Morgan fingerprint density at radius 2 is 1.85 bits per heavy atom. The number of nitrogens with one attached hydrogen (secondary N) is 2. The lowest BCUT2D eigenvalue weighted by Crippen LogP contribution is -2.29. The maximum Gasteiger partial charge on any atom is 0.249 e. The Morgan fingerprint density at radius 1 is 1.15 bits per heavy atom. The SMILES string of the molecule is C=CCNC(=O)CC(=O)N/N=C/c1cc(C)n(-c2ccc(C)cc2)c1C. The summed E-state index contributed by atoms with van der Waals surface area (Å²) in [4.78, 5) is 23.2. The molecule has 6 heteroatoms. The molecule has 0 saturated heterocycles. The van der Waals surface area contributed by atoms with Crippen molar-refractivity contribution in [2.45, 2.75) is 27.2 Å². The largest absolute Gasteiger partial charge is 0.352 e. The van der Waals surface area contributed by atoms with Gasteiger partial charge in [-0.15, -0.1) is 6.58 Å². The van der Waals surface area contributed by atoms with Crippen LogP contribution in [0.1, 0.15) is 28.9 Å². The minimum absolute atomic E-state index is 0.270. The van der Waals surface area contributed by atoms with Crippen LogP contribution in [0.4, 0.5) is 0 Å². The molecule has 6 nitrogen and oxygen atoms in total. The quantitative estimate of drug-likeness (QED) is 0.348. The van der Waals surface area contributed by atoms with Crippen LogP contribution in [0.2, 0.25) is 0 Å². The predicted molar refractivity (Wildman–Crippen MR) is 104 cm³/mol. The van der Waals surface area contributed by atoms with E-state index in [1.54, 1.807) is 12.3 Å². The average molecular weight is 352 g/mol. The molecule has 0 spiro atoms. The number of nitrogens with zero attached hydrogens (tertiary/aromatic N) is 2. The number of aromatic nitrogens is 1. The Bertz CT molecular complexity index is 832. The lowest BCUT2D eigenvalue weighted by molar-refractivity contribution is -0.129. The van der Waals surface area contributed by atoms with Crippen LogP contribution in [-0.2, 0) is 9.59 Å². The number of carbonyl (C=O) groups excluding carboxylic acids is 2. The molecule has 0 fully saturated rings. The molecule has 2 rings (SSSR count). The molecule has 1 aromatic heterocycles. The second-order valence-electron chi connectivity index (χ2n) is 6.06. The maximum atomic E-state index is 11.7. The van der Waals surface area contributed by atoms with Gasteiger partial charge in [-0.25, -0.2) is 5.43 Å². The van der Waals surface area contributed by atoms with Gasteiger partial charge < -0.3 is 9.88 Å². The van der Waals surface area contributed by atoms with E-state index in [0.717, 1.165) is 22.6 Å². The first kappa shape index (κ1) is 19.2. The van der Waals surface area contributed by atoms with Gasteiger partial charge in [0.15, 0.2) is 0 Å². The predicted octanol–water partition coefficient (Wildman–Crippen LogP) is 2.54. The van der Waals surface area contributed by atoms with E-state index in [1.807, 2.05) is 19.9 Å². The van der Waals surface area contributed by atoms with Crippen molar-refractivity contribution in [3.63, 3.8) is 0 Å². The fraction of sp³-hybridized carbons (Fsp3) is 0.250. The molecule has 2 N–H and O–H groups in total. The molecule has 1 aromatic carbocycles. The van der Waals surface area contributed by atoms with Gasteiger partial charge in [-0.3, -0.25) is 9.59 Å². The lowest BCUT2D eigenvalue weighted by Gasteiger charge is -2.09. The van der Waals surface area contributed by atoms with Crippen molar-refractivity contribution in [3.8, 4) is 5.69 Å². The first-order valence-corrected chi connectivity index (χ1v) is 8.38. The Morgan fingerprint density at radius 3 is 2.50 bits per heavy atom. The highest BCUT2D eigenvalue weighted by atomic mass is 16.2. The molecule has 2 aromatic rings. The highest BCUT2D eigenvalue weighted by molar-refractivity contribution is 5.97. The number of hydrogen-bond acceptors (Lipinski definition) is 3. The molecule has 0 aliphatic heterocycles. The Kier molecular flexibility index (Phi) is 6.49. The Labute approximate surface area is 153 Å². The summed E-state index contributed by atoms with van der Waals surface area (Å²) in [6.45, 7) is 9.90. The van der Waals surface area contributed by atoms with Crippen molar-refractivity contribution in [2.24, 2.45) is 5.10 Å². The van der Waals surface area contributed by atoms with Crippen molar-refractivity contribution >= 4 is 18.0 Å². The van der Waals surface area contributed by atoms with Crippen LogP contribution in [0.3, 0.4) is 0 Å². The third-order valence-corrected chi connectivity index (χ3v) is 3.92. The van der Waals surface area contributed by atoms with Gasteiger partial charge in [-0.2, -0.15) is 5.10 Å². The van der Waals surface area contributed by atoms with Gasteiger partial charge >= 0.3 is 0 Å². The summed E-state index contributed by atoms with van der Waals surface area (Å²) in [5.74, 6) is -0.828. The summed E-state index contributed by atoms with van der Waals surface area (Å²) in [5.41, 5.74) is 7.66. The number of aryl methyl sites for hydroxylation is 2. The molecule has 0 aliphatic rings. The monoisotopic (exact) mass is 352 g/mol. The average Bonchev–Trinajstić information content (AvgIpc) is 2.88. The zero-order valence-electron chi connectivity index (χ0n) is 15.4. The zero-order chi connectivity index (χ0) is 19.1. The number of amides is 2. The fourth-order valence-corrected chi connectivity index (χ4v) is 2.62. The van der Waals surface area contributed by atoms with E-state index in [2.05, 4.69) is 58.2 Å². The molecule has 0 atom stereocenters. The van der Waals surface area contributed by atoms with Gasteiger partial charge in [-0.1, -0.05) is 23.8 Å². The molecule has 26 heavy (non-hydrogen) atoms. The van der Waals surface area contributed by atoms with Gasteiger partial charge in [0.1, 0.15) is 6.42 Å². The van der Waals surface area contributed by atoms with E-state index in [0.29, 0.717) is 6.54 Å². The van der Waals surface area contributed by atoms with Crippen LogP contribution >= 0.6 is 0 Å². The van der Waals surface area contributed by atoms with Crippen LogP contribution in [0, 0.1) is 20.8 Å². The summed E-state index contributed by atoms with van der Waals surface area (Å²) in [6.07, 6.45) is 2.87. The molecule has 0 radical (unpaired) electrons. The molecular weight excluding hydrogens is 328 g/mol. The van der Waals surface area contributed by atoms with Crippen molar-refractivity contribution in [2.75, 3.05) is 6.54 Å². The fourth-order valence-electron chi connectivity index (χ4n) is 2.62. The molecule has 1 heterocycles.